The third kappa shape index (κ3) is 0.623. The number of likely N-dealkylation sites (N-methyl/N-ethyl adjacent to an activating group) is 1. The van der Waals surface area contributed by atoms with Crippen molar-refractivity contribution >= 4 is 0 Å². The van der Waals surface area contributed by atoms with Crippen molar-refractivity contribution in [2.45, 2.75) is 20.3 Å². The molecule has 0 radical (unpaired) electrons. The topological polar surface area (TPSA) is 3.24 Å². The van der Waals surface area contributed by atoms with Gasteiger partial charge < -0.3 is 4.90 Å². The van der Waals surface area contributed by atoms with E-state index in [9.17, 15) is 0 Å². The number of hydrogen-bond acceptors (Lipinski definition) is 1. The van der Waals surface area contributed by atoms with Gasteiger partial charge >= 0.3 is 0 Å². The molecule has 0 amide bonds. The summed E-state index contributed by atoms with van der Waals surface area (Å²) in [4.78, 5) is 2.30. The molecule has 0 N–H and O–H groups in total. The minimum atomic E-state index is 1.18. The van der Waals surface area contributed by atoms with E-state index in [1.807, 2.05) is 0 Å². The lowest BCUT2D eigenvalue weighted by Gasteiger charge is -2.33. The monoisotopic (exact) mass is 111 g/mol. The summed E-state index contributed by atoms with van der Waals surface area (Å²) >= 11 is 0. The Balaban J connectivity index is 2.60. The standard InChI is InChI=1S/C7H13N/c1-4-7-6(2)5-8(7)3/h4-5H2,1-3H3. The molecule has 1 aliphatic rings. The van der Waals surface area contributed by atoms with Crippen LogP contribution in [0.1, 0.15) is 20.3 Å². The van der Waals surface area contributed by atoms with E-state index >= 15 is 0 Å². The lowest BCUT2D eigenvalue weighted by atomic mass is 10.1. The molecule has 1 heterocycles. The highest BCUT2D eigenvalue weighted by atomic mass is 15.1. The molecular weight excluding hydrogens is 98.1 g/mol. The van der Waals surface area contributed by atoms with Crippen molar-refractivity contribution in [3.8, 4) is 0 Å². The summed E-state index contributed by atoms with van der Waals surface area (Å²) in [5.41, 5.74) is 3.10. The number of allylic oxidation sites excluding steroid dienone is 1. The molecule has 0 bridgehead atoms. The minimum absolute atomic E-state index is 1.18. The van der Waals surface area contributed by atoms with Crippen LogP contribution in [0, 0.1) is 0 Å². The highest BCUT2D eigenvalue weighted by Crippen LogP contribution is 2.22. The summed E-state index contributed by atoms with van der Waals surface area (Å²) in [6, 6.07) is 0. The predicted octanol–water partition coefficient (Wildman–Crippen LogP) is 1.62. The van der Waals surface area contributed by atoms with Crippen molar-refractivity contribution in [3.63, 3.8) is 0 Å². The van der Waals surface area contributed by atoms with Crippen LogP contribution < -0.4 is 0 Å². The van der Waals surface area contributed by atoms with E-state index in [0.717, 1.165) is 0 Å². The molecule has 0 aromatic carbocycles. The van der Waals surface area contributed by atoms with E-state index in [-0.39, 0.29) is 0 Å². The van der Waals surface area contributed by atoms with Crippen LogP contribution in [-0.4, -0.2) is 18.5 Å². The SMILES string of the molecule is CCC1=C(C)CN1C. The van der Waals surface area contributed by atoms with Gasteiger partial charge in [0.2, 0.25) is 0 Å². The van der Waals surface area contributed by atoms with Gasteiger partial charge in [-0.1, -0.05) is 6.92 Å². The van der Waals surface area contributed by atoms with Crippen LogP contribution in [0.25, 0.3) is 0 Å². The van der Waals surface area contributed by atoms with Crippen molar-refractivity contribution < 1.29 is 0 Å². The van der Waals surface area contributed by atoms with E-state index < -0.39 is 0 Å². The quantitative estimate of drug-likeness (QED) is 0.497. The molecule has 1 aliphatic heterocycles. The average Bonchev–Trinajstić information content (AvgIpc) is 1.67. The zero-order valence-corrected chi connectivity index (χ0v) is 5.86. The molecule has 0 saturated heterocycles. The van der Waals surface area contributed by atoms with Crippen molar-refractivity contribution in [2.75, 3.05) is 13.6 Å². The van der Waals surface area contributed by atoms with Gasteiger partial charge in [0.05, 0.1) is 0 Å². The predicted molar refractivity (Wildman–Crippen MR) is 35.6 cm³/mol. The maximum absolute atomic E-state index is 2.30. The first-order valence-corrected chi connectivity index (χ1v) is 3.15. The largest absolute Gasteiger partial charge is 0.374 e. The Labute approximate surface area is 51.0 Å². The molecule has 1 nitrogen and oxygen atoms in total. The second-order valence-corrected chi connectivity index (χ2v) is 2.44. The van der Waals surface area contributed by atoms with Gasteiger partial charge in [0.25, 0.3) is 0 Å². The van der Waals surface area contributed by atoms with E-state index in [1.165, 1.54) is 18.7 Å². The van der Waals surface area contributed by atoms with Gasteiger partial charge in [-0.25, -0.2) is 0 Å². The first-order valence-electron chi connectivity index (χ1n) is 3.15. The highest BCUT2D eigenvalue weighted by molar-refractivity contribution is 5.21. The van der Waals surface area contributed by atoms with E-state index in [2.05, 4.69) is 25.8 Å². The summed E-state index contributed by atoms with van der Waals surface area (Å²) in [6.45, 7) is 5.59. The van der Waals surface area contributed by atoms with Crippen molar-refractivity contribution in [1.82, 2.24) is 4.90 Å². The minimum Gasteiger partial charge on any atom is -0.374 e. The number of hydrogen-bond donors (Lipinski definition) is 0. The third-order valence-corrected chi connectivity index (χ3v) is 1.76. The summed E-state index contributed by atoms with van der Waals surface area (Å²) in [7, 11) is 2.14. The van der Waals surface area contributed by atoms with Gasteiger partial charge in [0.1, 0.15) is 0 Å². The van der Waals surface area contributed by atoms with Crippen LogP contribution in [0.3, 0.4) is 0 Å². The Morgan fingerprint density at radius 1 is 1.62 bits per heavy atom. The molecule has 0 aromatic heterocycles. The van der Waals surface area contributed by atoms with E-state index in [0.29, 0.717) is 0 Å². The Morgan fingerprint density at radius 2 is 2.25 bits per heavy atom. The maximum Gasteiger partial charge on any atom is 0.0399 e. The summed E-state index contributed by atoms with van der Waals surface area (Å²) in [5, 5.41) is 0. The number of nitrogens with zero attached hydrogens (tertiary/aromatic N) is 1. The van der Waals surface area contributed by atoms with Crippen molar-refractivity contribution in [3.05, 3.63) is 11.3 Å². The van der Waals surface area contributed by atoms with Gasteiger partial charge in [0.15, 0.2) is 0 Å². The molecule has 8 heavy (non-hydrogen) atoms. The maximum atomic E-state index is 2.30. The summed E-state index contributed by atoms with van der Waals surface area (Å²) in [5.74, 6) is 0. The van der Waals surface area contributed by atoms with Gasteiger partial charge in [-0.15, -0.1) is 0 Å². The van der Waals surface area contributed by atoms with Crippen LogP contribution in [0.2, 0.25) is 0 Å². The molecule has 46 valence electrons. The Kier molecular flexibility index (Phi) is 1.28. The molecule has 0 aliphatic carbocycles. The van der Waals surface area contributed by atoms with Gasteiger partial charge in [-0.2, -0.15) is 0 Å². The second kappa shape index (κ2) is 1.81. The Hall–Kier alpha value is -0.460. The smallest absolute Gasteiger partial charge is 0.0399 e. The molecule has 0 saturated carbocycles. The van der Waals surface area contributed by atoms with Crippen LogP contribution in [0.15, 0.2) is 11.3 Å². The van der Waals surface area contributed by atoms with Gasteiger partial charge in [-0.05, 0) is 18.9 Å². The highest BCUT2D eigenvalue weighted by Gasteiger charge is 2.15. The van der Waals surface area contributed by atoms with Crippen molar-refractivity contribution in [2.24, 2.45) is 0 Å². The fourth-order valence-corrected chi connectivity index (χ4v) is 1.35. The Morgan fingerprint density at radius 3 is 2.38 bits per heavy atom. The van der Waals surface area contributed by atoms with Crippen LogP contribution >= 0.6 is 0 Å². The lowest BCUT2D eigenvalue weighted by Crippen LogP contribution is -2.30. The molecular formula is C7H13N. The van der Waals surface area contributed by atoms with Crippen LogP contribution in [0.5, 0.6) is 0 Å². The first-order chi connectivity index (χ1) is 3.75. The molecule has 0 unspecified atom stereocenters. The molecule has 0 fully saturated rings. The fourth-order valence-electron chi connectivity index (χ4n) is 1.35. The van der Waals surface area contributed by atoms with Crippen molar-refractivity contribution in [1.29, 1.82) is 0 Å². The van der Waals surface area contributed by atoms with Crippen LogP contribution in [0.4, 0.5) is 0 Å². The summed E-state index contributed by atoms with van der Waals surface area (Å²) in [6.07, 6.45) is 1.20. The normalized spacial score (nSPS) is 19.1. The molecule has 0 atom stereocenters. The molecule has 0 spiro atoms. The average molecular weight is 111 g/mol. The van der Waals surface area contributed by atoms with Crippen LogP contribution in [-0.2, 0) is 0 Å². The lowest BCUT2D eigenvalue weighted by molar-refractivity contribution is 0.371. The van der Waals surface area contributed by atoms with Gasteiger partial charge in [0, 0.05) is 19.3 Å². The Bertz CT molecular complexity index is 124. The third-order valence-electron chi connectivity index (χ3n) is 1.76. The molecule has 1 rings (SSSR count). The number of rotatable bonds is 1. The zero-order valence-electron chi connectivity index (χ0n) is 5.86. The fraction of sp³-hybridized carbons (Fsp3) is 0.714. The second-order valence-electron chi connectivity index (χ2n) is 2.44. The van der Waals surface area contributed by atoms with Gasteiger partial charge in [-0.3, -0.25) is 0 Å². The first kappa shape index (κ1) is 5.67. The summed E-state index contributed by atoms with van der Waals surface area (Å²) < 4.78 is 0. The zero-order chi connectivity index (χ0) is 6.15. The van der Waals surface area contributed by atoms with E-state index in [4.69, 9.17) is 0 Å². The van der Waals surface area contributed by atoms with E-state index in [1.54, 1.807) is 5.57 Å². The molecule has 0 aromatic rings. The molecule has 1 heteroatoms.